The summed E-state index contributed by atoms with van der Waals surface area (Å²) in [5, 5.41) is 5.41. The predicted molar refractivity (Wildman–Crippen MR) is 90.0 cm³/mol. The number of aromatic nitrogens is 1. The highest BCUT2D eigenvalue weighted by atomic mass is 32.1. The van der Waals surface area contributed by atoms with Gasteiger partial charge in [0.2, 0.25) is 5.89 Å². The number of guanidine groups is 1. The minimum atomic E-state index is 0.633. The molecule has 6 heteroatoms. The van der Waals surface area contributed by atoms with Crippen LogP contribution < -0.4 is 5.32 Å². The molecule has 1 aliphatic rings. The fourth-order valence-corrected chi connectivity index (χ4v) is 3.28. The van der Waals surface area contributed by atoms with Gasteiger partial charge in [-0.1, -0.05) is 13.0 Å². The molecule has 0 atom stereocenters. The van der Waals surface area contributed by atoms with E-state index in [1.165, 1.54) is 12.8 Å². The van der Waals surface area contributed by atoms with E-state index in [9.17, 15) is 0 Å². The fraction of sp³-hybridized carbons (Fsp3) is 0.500. The van der Waals surface area contributed by atoms with Crippen LogP contribution in [0.15, 0.2) is 33.2 Å². The zero-order chi connectivity index (χ0) is 15.4. The van der Waals surface area contributed by atoms with Gasteiger partial charge in [0.25, 0.3) is 0 Å². The molecule has 3 heterocycles. The van der Waals surface area contributed by atoms with E-state index in [0.717, 1.165) is 35.5 Å². The standard InChI is InChI=1S/C16H22N4OS/c1-12-5-7-20(8-6-12)16(17-2)18-10-13-11-21-15(19-13)14-4-3-9-22-14/h3-4,9,11-12H,5-8,10H2,1-2H3,(H,17,18). The highest BCUT2D eigenvalue weighted by Crippen LogP contribution is 2.23. The first-order valence-corrected chi connectivity index (χ1v) is 8.58. The molecule has 2 aromatic heterocycles. The zero-order valence-corrected chi connectivity index (χ0v) is 13.9. The molecule has 0 unspecified atom stereocenters. The molecule has 1 fully saturated rings. The van der Waals surface area contributed by atoms with E-state index in [4.69, 9.17) is 4.42 Å². The van der Waals surface area contributed by atoms with E-state index in [1.54, 1.807) is 17.6 Å². The first-order chi connectivity index (χ1) is 10.8. The molecule has 22 heavy (non-hydrogen) atoms. The summed E-state index contributed by atoms with van der Waals surface area (Å²) in [7, 11) is 1.83. The molecule has 0 saturated carbocycles. The van der Waals surface area contributed by atoms with Gasteiger partial charge in [0.05, 0.1) is 17.1 Å². The summed E-state index contributed by atoms with van der Waals surface area (Å²) >= 11 is 1.63. The Kier molecular flexibility index (Phi) is 4.77. The van der Waals surface area contributed by atoms with Crippen LogP contribution >= 0.6 is 11.3 Å². The third-order valence-electron chi connectivity index (χ3n) is 4.01. The molecular weight excluding hydrogens is 296 g/mol. The van der Waals surface area contributed by atoms with Crippen LogP contribution in [0.2, 0.25) is 0 Å². The third kappa shape index (κ3) is 3.50. The van der Waals surface area contributed by atoms with Crippen LogP contribution in [0.5, 0.6) is 0 Å². The lowest BCUT2D eigenvalue weighted by atomic mass is 10.00. The van der Waals surface area contributed by atoms with Gasteiger partial charge in [0.1, 0.15) is 6.26 Å². The highest BCUT2D eigenvalue weighted by Gasteiger charge is 2.18. The summed E-state index contributed by atoms with van der Waals surface area (Å²) < 4.78 is 5.54. The van der Waals surface area contributed by atoms with Crippen molar-refractivity contribution >= 4 is 17.3 Å². The van der Waals surface area contributed by atoms with Gasteiger partial charge in [-0.25, -0.2) is 4.98 Å². The third-order valence-corrected chi connectivity index (χ3v) is 4.86. The molecule has 1 N–H and O–H groups in total. The van der Waals surface area contributed by atoms with E-state index in [2.05, 4.69) is 27.1 Å². The average Bonchev–Trinajstić information content (AvgIpc) is 3.20. The number of hydrogen-bond donors (Lipinski definition) is 1. The first-order valence-electron chi connectivity index (χ1n) is 7.70. The van der Waals surface area contributed by atoms with Crippen molar-refractivity contribution in [1.29, 1.82) is 0 Å². The fourth-order valence-electron chi connectivity index (χ4n) is 2.62. The van der Waals surface area contributed by atoms with Crippen LogP contribution in [0.4, 0.5) is 0 Å². The summed E-state index contributed by atoms with van der Waals surface area (Å²) in [6.45, 7) is 5.09. The SMILES string of the molecule is CN=C(NCc1coc(-c2cccs2)n1)N1CCC(C)CC1. The van der Waals surface area contributed by atoms with Crippen LogP contribution in [0.25, 0.3) is 10.8 Å². The van der Waals surface area contributed by atoms with Crippen molar-refractivity contribution in [2.75, 3.05) is 20.1 Å². The molecule has 2 aromatic rings. The zero-order valence-electron chi connectivity index (χ0n) is 13.1. The Morgan fingerprint density at radius 2 is 2.32 bits per heavy atom. The van der Waals surface area contributed by atoms with Crippen LogP contribution in [0, 0.1) is 5.92 Å². The summed E-state index contributed by atoms with van der Waals surface area (Å²) in [4.78, 5) is 12.3. The molecule has 0 aliphatic carbocycles. The van der Waals surface area contributed by atoms with Gasteiger partial charge >= 0.3 is 0 Å². The maximum Gasteiger partial charge on any atom is 0.236 e. The highest BCUT2D eigenvalue weighted by molar-refractivity contribution is 7.13. The number of nitrogens with one attached hydrogen (secondary N) is 1. The molecule has 3 rings (SSSR count). The lowest BCUT2D eigenvalue weighted by Crippen LogP contribution is -2.45. The lowest BCUT2D eigenvalue weighted by molar-refractivity contribution is 0.273. The van der Waals surface area contributed by atoms with Crippen molar-refractivity contribution < 1.29 is 4.42 Å². The molecule has 0 spiro atoms. The van der Waals surface area contributed by atoms with Gasteiger partial charge in [-0.05, 0) is 30.2 Å². The lowest BCUT2D eigenvalue weighted by Gasteiger charge is -2.32. The number of thiophene rings is 1. The molecular formula is C16H22N4OS. The van der Waals surface area contributed by atoms with Gasteiger partial charge in [-0.3, -0.25) is 4.99 Å². The molecule has 1 aliphatic heterocycles. The smallest absolute Gasteiger partial charge is 0.236 e. The second kappa shape index (κ2) is 6.96. The normalized spacial score (nSPS) is 17.0. The second-order valence-corrected chi connectivity index (χ2v) is 6.64. The molecule has 118 valence electrons. The second-order valence-electron chi connectivity index (χ2n) is 5.69. The van der Waals surface area contributed by atoms with Crippen LogP contribution in [0.1, 0.15) is 25.5 Å². The largest absolute Gasteiger partial charge is 0.443 e. The molecule has 0 aromatic carbocycles. The molecule has 1 saturated heterocycles. The van der Waals surface area contributed by atoms with Gasteiger partial charge in [-0.2, -0.15) is 0 Å². The van der Waals surface area contributed by atoms with Crippen molar-refractivity contribution in [3.8, 4) is 10.8 Å². The van der Waals surface area contributed by atoms with E-state index in [0.29, 0.717) is 12.4 Å². The molecule has 5 nitrogen and oxygen atoms in total. The summed E-state index contributed by atoms with van der Waals surface area (Å²) in [5.74, 6) is 2.46. The van der Waals surface area contributed by atoms with Crippen molar-refractivity contribution in [1.82, 2.24) is 15.2 Å². The first kappa shape index (κ1) is 15.1. The predicted octanol–water partition coefficient (Wildman–Crippen LogP) is 3.21. The van der Waals surface area contributed by atoms with E-state index < -0.39 is 0 Å². The minimum Gasteiger partial charge on any atom is -0.443 e. The summed E-state index contributed by atoms with van der Waals surface area (Å²) in [6.07, 6.45) is 4.17. The molecule has 0 amide bonds. The van der Waals surface area contributed by atoms with E-state index >= 15 is 0 Å². The van der Waals surface area contributed by atoms with Crippen molar-refractivity contribution in [3.63, 3.8) is 0 Å². The summed E-state index contributed by atoms with van der Waals surface area (Å²) in [5.41, 5.74) is 0.898. The number of oxazole rings is 1. The Hall–Kier alpha value is -1.82. The van der Waals surface area contributed by atoms with Crippen molar-refractivity contribution in [3.05, 3.63) is 29.5 Å². The molecule has 0 radical (unpaired) electrons. The Bertz CT molecular complexity index is 612. The number of hydrogen-bond acceptors (Lipinski definition) is 4. The Balaban J connectivity index is 1.57. The van der Waals surface area contributed by atoms with Gasteiger partial charge < -0.3 is 14.6 Å². The number of rotatable bonds is 3. The monoisotopic (exact) mass is 318 g/mol. The Morgan fingerprint density at radius 1 is 1.50 bits per heavy atom. The number of piperidine rings is 1. The van der Waals surface area contributed by atoms with E-state index in [1.807, 2.05) is 24.6 Å². The van der Waals surface area contributed by atoms with Crippen LogP contribution in [-0.4, -0.2) is 36.0 Å². The van der Waals surface area contributed by atoms with Crippen LogP contribution in [0.3, 0.4) is 0 Å². The van der Waals surface area contributed by atoms with Gasteiger partial charge in [0.15, 0.2) is 5.96 Å². The van der Waals surface area contributed by atoms with Crippen molar-refractivity contribution in [2.45, 2.75) is 26.3 Å². The Morgan fingerprint density at radius 3 is 3.00 bits per heavy atom. The summed E-state index contributed by atoms with van der Waals surface area (Å²) in [6, 6.07) is 4.02. The number of nitrogens with zero attached hydrogens (tertiary/aromatic N) is 3. The van der Waals surface area contributed by atoms with Gasteiger partial charge in [-0.15, -0.1) is 11.3 Å². The van der Waals surface area contributed by atoms with Gasteiger partial charge in [0, 0.05) is 20.1 Å². The number of likely N-dealkylation sites (tertiary alicyclic amines) is 1. The maximum atomic E-state index is 5.54. The minimum absolute atomic E-state index is 0.633. The van der Waals surface area contributed by atoms with E-state index in [-0.39, 0.29) is 0 Å². The molecule has 0 bridgehead atoms. The van der Waals surface area contributed by atoms with Crippen molar-refractivity contribution in [2.24, 2.45) is 10.9 Å². The number of aliphatic imine (C=N–C) groups is 1. The average molecular weight is 318 g/mol. The topological polar surface area (TPSA) is 53.7 Å². The van der Waals surface area contributed by atoms with Crippen LogP contribution in [-0.2, 0) is 6.54 Å². The quantitative estimate of drug-likeness (QED) is 0.697. The Labute approximate surface area is 135 Å². The maximum absolute atomic E-state index is 5.54.